The Morgan fingerprint density at radius 1 is 1.22 bits per heavy atom. The van der Waals surface area contributed by atoms with Crippen LogP contribution in [0.5, 0.6) is 6.01 Å². The molecule has 2 aliphatic rings. The number of nitrogens with zero attached hydrogens (tertiary/aromatic N) is 5. The molecule has 1 aromatic carbocycles. The van der Waals surface area contributed by atoms with Gasteiger partial charge in [-0.25, -0.2) is 4.79 Å². The van der Waals surface area contributed by atoms with E-state index in [1.54, 1.807) is 23.6 Å². The van der Waals surface area contributed by atoms with Crippen LogP contribution in [0.15, 0.2) is 18.2 Å². The molecule has 2 amide bonds. The highest BCUT2D eigenvalue weighted by Crippen LogP contribution is 2.36. The number of amides is 2. The first-order valence-electron chi connectivity index (χ1n) is 11.3. The summed E-state index contributed by atoms with van der Waals surface area (Å²) >= 11 is 0. The Balaban J connectivity index is 1.63. The summed E-state index contributed by atoms with van der Waals surface area (Å²) in [7, 11) is 0. The van der Waals surface area contributed by atoms with E-state index in [4.69, 9.17) is 9.47 Å². The zero-order chi connectivity index (χ0) is 26.0. The maximum absolute atomic E-state index is 13.4. The molecule has 0 bridgehead atoms. The molecule has 2 aliphatic heterocycles. The summed E-state index contributed by atoms with van der Waals surface area (Å²) in [4.78, 5) is 35.4. The van der Waals surface area contributed by atoms with Gasteiger partial charge in [0.15, 0.2) is 0 Å². The van der Waals surface area contributed by atoms with Gasteiger partial charge in [0.1, 0.15) is 5.82 Å². The number of hydrogen-bond donors (Lipinski definition) is 1. The summed E-state index contributed by atoms with van der Waals surface area (Å²) in [5, 5.41) is 14.3. The minimum absolute atomic E-state index is 0.0566. The van der Waals surface area contributed by atoms with Crippen LogP contribution in [-0.4, -0.2) is 63.6 Å². The van der Waals surface area contributed by atoms with E-state index in [0.29, 0.717) is 43.6 Å². The zero-order valence-corrected chi connectivity index (χ0v) is 19.7. The monoisotopic (exact) mass is 510 g/mol. The number of urea groups is 1. The molecule has 194 valence electrons. The molecule has 1 atom stereocenters. The van der Waals surface area contributed by atoms with E-state index in [1.807, 2.05) is 0 Å². The van der Waals surface area contributed by atoms with Crippen molar-refractivity contribution in [2.75, 3.05) is 38.2 Å². The number of anilines is 1. The second-order valence-electron chi connectivity index (χ2n) is 8.39. The fourth-order valence-electron chi connectivity index (χ4n) is 4.08. The van der Waals surface area contributed by atoms with E-state index in [0.717, 1.165) is 12.1 Å². The summed E-state index contributed by atoms with van der Waals surface area (Å²) < 4.78 is 50.8. The van der Waals surface area contributed by atoms with Gasteiger partial charge in [0.2, 0.25) is 0 Å². The van der Waals surface area contributed by atoms with Gasteiger partial charge in [0.05, 0.1) is 55.1 Å². The number of nitrogens with one attached hydrogen (secondary N) is 1. The third-order valence-corrected chi connectivity index (χ3v) is 5.92. The molecule has 3 heterocycles. The van der Waals surface area contributed by atoms with Gasteiger partial charge in [-0.15, -0.1) is 0 Å². The first-order valence-corrected chi connectivity index (χ1v) is 11.3. The van der Waals surface area contributed by atoms with Gasteiger partial charge in [0.25, 0.3) is 5.69 Å². The molecule has 0 aliphatic carbocycles. The molecule has 14 heteroatoms. The van der Waals surface area contributed by atoms with Crippen LogP contribution in [0.1, 0.15) is 42.3 Å². The Labute approximate surface area is 204 Å². The van der Waals surface area contributed by atoms with E-state index in [-0.39, 0.29) is 43.1 Å². The van der Waals surface area contributed by atoms with E-state index >= 15 is 0 Å². The summed E-state index contributed by atoms with van der Waals surface area (Å²) in [6.07, 6.45) is -4.75. The molecule has 0 unspecified atom stereocenters. The van der Waals surface area contributed by atoms with Gasteiger partial charge in [-0.1, -0.05) is 0 Å². The minimum Gasteiger partial charge on any atom is -0.464 e. The molecular formula is C22H25F3N6O5. The third-order valence-electron chi connectivity index (χ3n) is 5.92. The molecule has 1 fully saturated rings. The number of aromatic nitrogens is 2. The Morgan fingerprint density at radius 2 is 1.94 bits per heavy atom. The first-order chi connectivity index (χ1) is 17.1. The number of rotatable bonds is 6. The van der Waals surface area contributed by atoms with E-state index < -0.39 is 28.4 Å². The highest BCUT2D eigenvalue weighted by Gasteiger charge is 2.35. The molecule has 11 nitrogen and oxygen atoms in total. The summed E-state index contributed by atoms with van der Waals surface area (Å²) in [5.74, 6) is 0.285. The molecular weight excluding hydrogens is 485 g/mol. The summed E-state index contributed by atoms with van der Waals surface area (Å²) in [6, 6.07) is 1.54. The van der Waals surface area contributed by atoms with Crippen molar-refractivity contribution in [1.29, 1.82) is 0 Å². The minimum atomic E-state index is -4.75. The highest BCUT2D eigenvalue weighted by molar-refractivity contribution is 5.76. The average Bonchev–Trinajstić information content (AvgIpc) is 3.28. The van der Waals surface area contributed by atoms with Crippen LogP contribution in [-0.2, 0) is 24.0 Å². The number of carbonyl (C=O) groups is 1. The van der Waals surface area contributed by atoms with Crippen molar-refractivity contribution in [1.82, 2.24) is 19.8 Å². The van der Waals surface area contributed by atoms with Crippen molar-refractivity contribution in [3.63, 3.8) is 0 Å². The molecule has 1 saturated heterocycles. The number of carbonyl (C=O) groups excluding carboxylic acids is 1. The molecule has 1 N–H and O–H groups in total. The number of nitro groups is 1. The number of morpholine rings is 1. The number of fused-ring (bicyclic) bond motifs is 1. The smallest absolute Gasteiger partial charge is 0.416 e. The lowest BCUT2D eigenvalue weighted by Gasteiger charge is -2.30. The van der Waals surface area contributed by atoms with Crippen molar-refractivity contribution >= 4 is 17.5 Å². The van der Waals surface area contributed by atoms with E-state index in [2.05, 4.69) is 15.3 Å². The number of benzene rings is 1. The van der Waals surface area contributed by atoms with Crippen molar-refractivity contribution < 1.29 is 32.4 Å². The molecule has 0 saturated carbocycles. The van der Waals surface area contributed by atoms with Gasteiger partial charge in [-0.05, 0) is 25.5 Å². The van der Waals surface area contributed by atoms with Gasteiger partial charge < -0.3 is 24.6 Å². The predicted molar refractivity (Wildman–Crippen MR) is 120 cm³/mol. The fraction of sp³-hybridized carbons (Fsp3) is 0.500. The number of halogens is 3. The van der Waals surface area contributed by atoms with Crippen LogP contribution < -0.4 is 10.1 Å². The maximum atomic E-state index is 13.4. The molecule has 0 radical (unpaired) electrons. The van der Waals surface area contributed by atoms with Crippen molar-refractivity contribution in [2.45, 2.75) is 39.2 Å². The molecule has 2 aromatic rings. The van der Waals surface area contributed by atoms with Gasteiger partial charge in [-0.2, -0.15) is 23.1 Å². The average molecular weight is 510 g/mol. The standard InChI is InChI=1S/C22H25F3N6O5/c1-3-36-20-27-18-12-30(21(32)29-4-6-35-7-5-29)11-17(18)19(28-20)26-13(2)14-8-15(22(23,24)25)10-16(9-14)31(33)34/h8-10,13H,3-7,11-12H2,1-2H3,(H,26,27,28)/t13-/m1/s1. The van der Waals surface area contributed by atoms with Crippen LogP contribution in [0, 0.1) is 10.1 Å². The normalized spacial score (nSPS) is 16.5. The second-order valence-corrected chi connectivity index (χ2v) is 8.39. The Kier molecular flexibility index (Phi) is 7.15. The number of non-ortho nitro benzene ring substituents is 1. The van der Waals surface area contributed by atoms with E-state index in [9.17, 15) is 28.1 Å². The lowest BCUT2D eigenvalue weighted by Crippen LogP contribution is -2.46. The zero-order valence-electron chi connectivity index (χ0n) is 19.7. The summed E-state index contributed by atoms with van der Waals surface area (Å²) in [6.45, 7) is 5.85. The largest absolute Gasteiger partial charge is 0.464 e. The Bertz CT molecular complexity index is 1160. The van der Waals surface area contributed by atoms with E-state index in [1.165, 1.54) is 0 Å². The lowest BCUT2D eigenvalue weighted by molar-refractivity contribution is -0.385. The van der Waals surface area contributed by atoms with Crippen molar-refractivity contribution in [3.8, 4) is 6.01 Å². The van der Waals surface area contributed by atoms with Gasteiger partial charge >= 0.3 is 18.2 Å². The molecule has 1 aromatic heterocycles. The van der Waals surface area contributed by atoms with Crippen LogP contribution >= 0.6 is 0 Å². The molecule has 4 rings (SSSR count). The highest BCUT2D eigenvalue weighted by atomic mass is 19.4. The van der Waals surface area contributed by atoms with Gasteiger partial charge in [0, 0.05) is 30.8 Å². The number of alkyl halides is 3. The van der Waals surface area contributed by atoms with Crippen molar-refractivity contribution in [2.24, 2.45) is 0 Å². The Hall–Kier alpha value is -3.68. The van der Waals surface area contributed by atoms with Crippen LogP contribution in [0.3, 0.4) is 0 Å². The summed E-state index contributed by atoms with van der Waals surface area (Å²) in [5.41, 5.74) is -0.571. The maximum Gasteiger partial charge on any atom is 0.416 e. The first kappa shape index (κ1) is 25.4. The number of ether oxygens (including phenoxy) is 2. The second kappa shape index (κ2) is 10.1. The molecule has 0 spiro atoms. The quantitative estimate of drug-likeness (QED) is 0.461. The topological polar surface area (TPSA) is 123 Å². The molecule has 36 heavy (non-hydrogen) atoms. The van der Waals surface area contributed by atoms with Gasteiger partial charge in [-0.3, -0.25) is 10.1 Å². The van der Waals surface area contributed by atoms with Crippen LogP contribution in [0.4, 0.5) is 29.5 Å². The van der Waals surface area contributed by atoms with Crippen LogP contribution in [0.2, 0.25) is 0 Å². The fourth-order valence-corrected chi connectivity index (χ4v) is 4.08. The number of nitro benzene ring substituents is 1. The van der Waals surface area contributed by atoms with Crippen LogP contribution in [0.25, 0.3) is 0 Å². The van der Waals surface area contributed by atoms with Crippen molar-refractivity contribution in [3.05, 3.63) is 50.7 Å². The SMILES string of the molecule is CCOc1nc2c(c(N[C@H](C)c3cc([N+](=O)[O-])cc(C(F)(F)F)c3)n1)CN(C(=O)N1CCOCC1)C2. The third kappa shape index (κ3) is 5.42. The Morgan fingerprint density at radius 3 is 2.58 bits per heavy atom. The predicted octanol–water partition coefficient (Wildman–Crippen LogP) is 3.74. The lowest BCUT2D eigenvalue weighted by atomic mass is 10.0. The number of hydrogen-bond acceptors (Lipinski definition) is 8.